The van der Waals surface area contributed by atoms with E-state index in [1.54, 1.807) is 0 Å². The second-order valence-corrected chi connectivity index (χ2v) is 17.5. The van der Waals surface area contributed by atoms with Gasteiger partial charge in [0, 0.05) is 6.42 Å². The predicted molar refractivity (Wildman–Crippen MR) is 277 cm³/mol. The fraction of sp³-hybridized carbons (Fsp3) is 0.690. The molecule has 64 heavy (non-hydrogen) atoms. The number of aliphatic hydroxyl groups excluding tert-OH is 2. The van der Waals surface area contributed by atoms with Crippen molar-refractivity contribution >= 4 is 11.9 Å². The van der Waals surface area contributed by atoms with E-state index >= 15 is 0 Å². The highest BCUT2D eigenvalue weighted by atomic mass is 16.5. The molecule has 0 rings (SSSR count). The van der Waals surface area contributed by atoms with Crippen molar-refractivity contribution in [2.75, 3.05) is 6.61 Å². The van der Waals surface area contributed by atoms with Gasteiger partial charge in [-0.25, -0.2) is 0 Å². The number of unbranched alkanes of at least 4 members (excludes halogenated alkanes) is 18. The number of esters is 1. The van der Waals surface area contributed by atoms with Crippen LogP contribution in [0.25, 0.3) is 0 Å². The van der Waals surface area contributed by atoms with E-state index in [0.717, 1.165) is 103 Å². The number of allylic oxidation sites excluding steroid dienone is 16. The van der Waals surface area contributed by atoms with E-state index < -0.39 is 18.2 Å². The Morgan fingerprint density at radius 1 is 0.469 bits per heavy atom. The summed E-state index contributed by atoms with van der Waals surface area (Å²) in [5.74, 6) is -0.552. The summed E-state index contributed by atoms with van der Waals surface area (Å²) >= 11 is 0. The van der Waals surface area contributed by atoms with E-state index in [0.29, 0.717) is 19.3 Å². The molecule has 0 aromatic rings. The van der Waals surface area contributed by atoms with Gasteiger partial charge in [-0.15, -0.1) is 0 Å². The number of nitrogens with one attached hydrogen (secondary N) is 1. The van der Waals surface area contributed by atoms with E-state index in [1.165, 1.54) is 83.5 Å². The lowest BCUT2D eigenvalue weighted by Gasteiger charge is -2.24. The number of rotatable bonds is 46. The SMILES string of the molecule is CC/C=C\C/C=C\C/C=C\C/C=C\C/C=C\CCCC(CC(=O)NC(CO)C(O)CCCCCCCCCCC)OC(=O)CCCCCCCC/C=C\C/C=C\C/C=C\CCCCC. The van der Waals surface area contributed by atoms with Crippen molar-refractivity contribution in [1.29, 1.82) is 0 Å². The van der Waals surface area contributed by atoms with Crippen molar-refractivity contribution in [3.05, 3.63) is 97.2 Å². The van der Waals surface area contributed by atoms with E-state index in [-0.39, 0.29) is 24.9 Å². The first-order valence-electron chi connectivity index (χ1n) is 26.5. The third-order valence-corrected chi connectivity index (χ3v) is 11.4. The van der Waals surface area contributed by atoms with Crippen molar-refractivity contribution in [3.63, 3.8) is 0 Å². The van der Waals surface area contributed by atoms with Crippen molar-refractivity contribution in [3.8, 4) is 0 Å². The van der Waals surface area contributed by atoms with Gasteiger partial charge in [-0.3, -0.25) is 9.59 Å². The van der Waals surface area contributed by atoms with Gasteiger partial charge in [0.15, 0.2) is 0 Å². The quantitative estimate of drug-likeness (QED) is 0.0321. The standard InChI is InChI=1S/C58H99NO5/c1-4-7-10-13-16-19-21-23-25-27-28-30-32-34-36-39-42-45-48-51-58(63)64-54(49-46-43-40-38-35-33-31-29-26-24-22-20-17-14-11-8-5-2)52-57(62)59-55(53-60)56(61)50-47-44-41-37-18-15-12-9-6-3/h8,11,16-17,19-20,23-26,28,30-31,33,38,40,54-56,60-61H,4-7,9-10,12-15,18,21-22,27,29,32,34-37,39,41-53H2,1-3H3,(H,59,62)/b11-8-,19-16-,20-17-,25-23-,26-24-,30-28-,33-31-,40-38-. The second-order valence-electron chi connectivity index (χ2n) is 17.5. The van der Waals surface area contributed by atoms with E-state index in [9.17, 15) is 19.8 Å². The molecule has 0 radical (unpaired) electrons. The Balaban J connectivity index is 4.70. The first kappa shape index (κ1) is 60.8. The molecule has 0 aliphatic carbocycles. The maximum absolute atomic E-state index is 13.2. The average molecular weight is 890 g/mol. The molecule has 6 nitrogen and oxygen atoms in total. The molecular weight excluding hydrogens is 791 g/mol. The van der Waals surface area contributed by atoms with Gasteiger partial charge in [0.25, 0.3) is 0 Å². The molecule has 0 saturated heterocycles. The zero-order chi connectivity index (χ0) is 46.7. The van der Waals surface area contributed by atoms with Gasteiger partial charge in [-0.05, 0) is 103 Å². The van der Waals surface area contributed by atoms with Crippen LogP contribution in [0, 0.1) is 0 Å². The Morgan fingerprint density at radius 3 is 1.34 bits per heavy atom. The highest BCUT2D eigenvalue weighted by Gasteiger charge is 2.24. The summed E-state index contributed by atoms with van der Waals surface area (Å²) in [6.45, 7) is 6.30. The number of amides is 1. The van der Waals surface area contributed by atoms with Gasteiger partial charge in [0.1, 0.15) is 6.10 Å². The maximum Gasteiger partial charge on any atom is 0.306 e. The maximum atomic E-state index is 13.2. The zero-order valence-electron chi connectivity index (χ0n) is 41.6. The van der Waals surface area contributed by atoms with E-state index in [1.807, 2.05) is 0 Å². The van der Waals surface area contributed by atoms with Gasteiger partial charge in [-0.1, -0.05) is 214 Å². The number of carbonyl (C=O) groups is 2. The summed E-state index contributed by atoms with van der Waals surface area (Å²) in [6.07, 6.45) is 67.6. The summed E-state index contributed by atoms with van der Waals surface area (Å²) < 4.78 is 5.91. The molecule has 0 spiro atoms. The number of aliphatic hydroxyl groups is 2. The molecule has 0 aliphatic heterocycles. The number of hydrogen-bond donors (Lipinski definition) is 3. The molecule has 366 valence electrons. The topological polar surface area (TPSA) is 95.9 Å². The van der Waals surface area contributed by atoms with Crippen LogP contribution in [0.15, 0.2) is 97.2 Å². The summed E-state index contributed by atoms with van der Waals surface area (Å²) in [4.78, 5) is 26.2. The van der Waals surface area contributed by atoms with Crippen molar-refractivity contribution < 1.29 is 24.5 Å². The van der Waals surface area contributed by atoms with Gasteiger partial charge in [0.05, 0.1) is 25.2 Å². The number of ether oxygens (including phenoxy) is 1. The zero-order valence-corrected chi connectivity index (χ0v) is 41.6. The molecule has 0 bridgehead atoms. The monoisotopic (exact) mass is 890 g/mol. The van der Waals surface area contributed by atoms with Crippen LogP contribution in [0.1, 0.15) is 233 Å². The summed E-state index contributed by atoms with van der Waals surface area (Å²) in [5.41, 5.74) is 0. The van der Waals surface area contributed by atoms with Crippen molar-refractivity contribution in [2.24, 2.45) is 0 Å². The summed E-state index contributed by atoms with van der Waals surface area (Å²) in [5, 5.41) is 23.7. The largest absolute Gasteiger partial charge is 0.462 e. The van der Waals surface area contributed by atoms with E-state index in [2.05, 4.69) is 123 Å². The van der Waals surface area contributed by atoms with Gasteiger partial charge in [0.2, 0.25) is 5.91 Å². The van der Waals surface area contributed by atoms with Gasteiger partial charge < -0.3 is 20.3 Å². The highest BCUT2D eigenvalue weighted by molar-refractivity contribution is 5.77. The molecule has 0 aliphatic rings. The minimum Gasteiger partial charge on any atom is -0.462 e. The number of hydrogen-bond acceptors (Lipinski definition) is 5. The van der Waals surface area contributed by atoms with Crippen LogP contribution in [-0.4, -0.2) is 46.9 Å². The van der Waals surface area contributed by atoms with Crippen LogP contribution in [0.3, 0.4) is 0 Å². The molecular formula is C58H99NO5. The predicted octanol–water partition coefficient (Wildman–Crippen LogP) is 16.1. The van der Waals surface area contributed by atoms with E-state index in [4.69, 9.17) is 4.74 Å². The molecule has 3 atom stereocenters. The van der Waals surface area contributed by atoms with Crippen molar-refractivity contribution in [2.45, 2.75) is 251 Å². The first-order chi connectivity index (χ1) is 31.5. The third-order valence-electron chi connectivity index (χ3n) is 11.4. The third kappa shape index (κ3) is 45.4. The normalized spacial score (nSPS) is 14.0. The fourth-order valence-electron chi connectivity index (χ4n) is 7.41. The van der Waals surface area contributed by atoms with Crippen LogP contribution in [0.2, 0.25) is 0 Å². The first-order valence-corrected chi connectivity index (χ1v) is 26.5. The molecule has 0 fully saturated rings. The van der Waals surface area contributed by atoms with Crippen LogP contribution >= 0.6 is 0 Å². The molecule has 0 heterocycles. The Labute approximate surface area is 395 Å². The summed E-state index contributed by atoms with van der Waals surface area (Å²) in [6, 6.07) is -0.727. The Hall–Kier alpha value is -3.22. The Bertz CT molecular complexity index is 1270. The molecule has 0 aromatic heterocycles. The van der Waals surface area contributed by atoms with Gasteiger partial charge >= 0.3 is 5.97 Å². The Morgan fingerprint density at radius 2 is 0.859 bits per heavy atom. The molecule has 3 unspecified atom stereocenters. The minimum atomic E-state index is -0.809. The lowest BCUT2D eigenvalue weighted by atomic mass is 10.0. The van der Waals surface area contributed by atoms with Crippen LogP contribution in [0.5, 0.6) is 0 Å². The van der Waals surface area contributed by atoms with Crippen LogP contribution in [-0.2, 0) is 14.3 Å². The highest BCUT2D eigenvalue weighted by Crippen LogP contribution is 2.16. The smallest absolute Gasteiger partial charge is 0.306 e. The summed E-state index contributed by atoms with van der Waals surface area (Å²) in [7, 11) is 0. The fourth-order valence-corrected chi connectivity index (χ4v) is 7.41. The molecule has 0 aromatic carbocycles. The molecule has 0 saturated carbocycles. The molecule has 6 heteroatoms. The Kier molecular flexibility index (Phi) is 48.2. The number of carbonyl (C=O) groups excluding carboxylic acids is 2. The lowest BCUT2D eigenvalue weighted by Crippen LogP contribution is -2.46. The average Bonchev–Trinajstić information content (AvgIpc) is 3.29. The molecule has 3 N–H and O–H groups in total. The van der Waals surface area contributed by atoms with Crippen LogP contribution < -0.4 is 5.32 Å². The minimum absolute atomic E-state index is 0.0277. The second kappa shape index (κ2) is 50.8. The van der Waals surface area contributed by atoms with Crippen molar-refractivity contribution in [1.82, 2.24) is 5.32 Å². The van der Waals surface area contributed by atoms with Crippen LogP contribution in [0.4, 0.5) is 0 Å². The molecule has 1 amide bonds. The lowest BCUT2D eigenvalue weighted by molar-refractivity contribution is -0.151. The van der Waals surface area contributed by atoms with Gasteiger partial charge in [-0.2, -0.15) is 0 Å².